The van der Waals surface area contributed by atoms with Crippen LogP contribution in [-0.2, 0) is 5.75 Å². The Morgan fingerprint density at radius 2 is 2.12 bits per heavy atom. The van der Waals surface area contributed by atoms with Crippen LogP contribution in [0.1, 0.15) is 36.6 Å². The molecule has 1 aliphatic rings. The van der Waals surface area contributed by atoms with Gasteiger partial charge in [-0.05, 0) is 42.6 Å². The van der Waals surface area contributed by atoms with E-state index in [0.717, 1.165) is 10.8 Å². The topological polar surface area (TPSA) is 12.0 Å². The first-order valence-corrected chi connectivity index (χ1v) is 7.55. The second-order valence-corrected chi connectivity index (χ2v) is 6.67. The Balaban J connectivity index is 2.47. The summed E-state index contributed by atoms with van der Waals surface area (Å²) in [6, 6.07) is 4.78. The minimum atomic E-state index is 0.418. The van der Waals surface area contributed by atoms with Crippen LogP contribution in [0.2, 0.25) is 5.02 Å². The second kappa shape index (κ2) is 5.21. The Morgan fingerprint density at radius 3 is 2.71 bits per heavy atom. The highest BCUT2D eigenvalue weighted by Gasteiger charge is 2.32. The van der Waals surface area contributed by atoms with Gasteiger partial charge in [-0.25, -0.2) is 0 Å². The van der Waals surface area contributed by atoms with Crippen LogP contribution in [0.15, 0.2) is 12.1 Å². The minimum Gasteiger partial charge on any atom is -0.312 e. The van der Waals surface area contributed by atoms with Crippen molar-refractivity contribution in [1.29, 1.82) is 0 Å². The van der Waals surface area contributed by atoms with Gasteiger partial charge >= 0.3 is 0 Å². The molecule has 1 aromatic rings. The smallest absolute Gasteiger partial charge is 0.0452 e. The van der Waals surface area contributed by atoms with Gasteiger partial charge in [0.2, 0.25) is 0 Å². The highest BCUT2D eigenvalue weighted by molar-refractivity contribution is 7.99. The maximum Gasteiger partial charge on any atom is 0.0452 e. The van der Waals surface area contributed by atoms with Crippen LogP contribution in [0.5, 0.6) is 0 Å². The van der Waals surface area contributed by atoms with Crippen molar-refractivity contribution in [2.24, 2.45) is 5.92 Å². The third kappa shape index (κ3) is 2.49. The number of benzene rings is 1. The maximum absolute atomic E-state index is 6.36. The molecule has 2 rings (SSSR count). The summed E-state index contributed by atoms with van der Waals surface area (Å²) in [4.78, 5) is 0. The van der Waals surface area contributed by atoms with Gasteiger partial charge in [0.25, 0.3) is 0 Å². The molecule has 94 valence electrons. The number of thioether (sulfide) groups is 1. The lowest BCUT2D eigenvalue weighted by Crippen LogP contribution is -2.34. The van der Waals surface area contributed by atoms with Gasteiger partial charge in [-0.15, -0.1) is 0 Å². The van der Waals surface area contributed by atoms with E-state index in [9.17, 15) is 0 Å². The summed E-state index contributed by atoms with van der Waals surface area (Å²) in [5.74, 6) is 1.71. The van der Waals surface area contributed by atoms with Crippen molar-refractivity contribution < 1.29 is 0 Å². The zero-order valence-corrected chi connectivity index (χ0v) is 12.5. The number of hydrogen-bond donors (Lipinski definition) is 1. The zero-order chi connectivity index (χ0) is 12.6. The van der Waals surface area contributed by atoms with Crippen LogP contribution < -0.4 is 5.32 Å². The Bertz CT molecular complexity index is 417. The van der Waals surface area contributed by atoms with Gasteiger partial charge in [-0.1, -0.05) is 31.5 Å². The van der Waals surface area contributed by atoms with E-state index in [1.165, 1.54) is 16.7 Å². The van der Waals surface area contributed by atoms with Crippen molar-refractivity contribution in [2.45, 2.75) is 37.8 Å². The summed E-state index contributed by atoms with van der Waals surface area (Å²) in [5, 5.41) is 5.02. The molecule has 1 aromatic carbocycles. The monoisotopic (exact) mass is 269 g/mol. The van der Waals surface area contributed by atoms with Gasteiger partial charge < -0.3 is 5.32 Å². The van der Waals surface area contributed by atoms with Crippen molar-refractivity contribution in [2.75, 3.05) is 7.05 Å². The molecule has 0 bridgehead atoms. The predicted molar refractivity (Wildman–Crippen MR) is 77.9 cm³/mol. The fourth-order valence-corrected chi connectivity index (χ4v) is 4.55. The molecule has 2 atom stereocenters. The fourth-order valence-electron chi connectivity index (χ4n) is 2.58. The molecule has 0 spiro atoms. The van der Waals surface area contributed by atoms with Crippen LogP contribution in [0, 0.1) is 12.8 Å². The summed E-state index contributed by atoms with van der Waals surface area (Å²) in [7, 11) is 2.05. The Labute approximate surface area is 113 Å². The highest BCUT2D eigenvalue weighted by Crippen LogP contribution is 2.43. The minimum absolute atomic E-state index is 0.418. The summed E-state index contributed by atoms with van der Waals surface area (Å²) in [6.45, 7) is 6.71. The van der Waals surface area contributed by atoms with Crippen molar-refractivity contribution >= 4 is 23.4 Å². The molecular weight excluding hydrogens is 250 g/mol. The van der Waals surface area contributed by atoms with Gasteiger partial charge in [0, 0.05) is 22.1 Å². The average molecular weight is 270 g/mol. The first-order chi connectivity index (χ1) is 8.04. The van der Waals surface area contributed by atoms with Crippen LogP contribution in [0.3, 0.4) is 0 Å². The molecule has 2 unspecified atom stereocenters. The molecule has 0 aliphatic carbocycles. The fraction of sp³-hybridized carbons (Fsp3) is 0.571. The van der Waals surface area contributed by atoms with Crippen molar-refractivity contribution in [3.05, 3.63) is 33.8 Å². The van der Waals surface area contributed by atoms with Crippen molar-refractivity contribution in [3.8, 4) is 0 Å². The van der Waals surface area contributed by atoms with Crippen molar-refractivity contribution in [1.82, 2.24) is 5.32 Å². The van der Waals surface area contributed by atoms with Gasteiger partial charge in [0.1, 0.15) is 0 Å². The van der Waals surface area contributed by atoms with Gasteiger partial charge in [-0.3, -0.25) is 0 Å². The molecule has 0 radical (unpaired) electrons. The van der Waals surface area contributed by atoms with E-state index in [0.29, 0.717) is 17.2 Å². The zero-order valence-electron chi connectivity index (χ0n) is 10.9. The molecular formula is C14H20ClNS. The third-order valence-electron chi connectivity index (χ3n) is 3.43. The van der Waals surface area contributed by atoms with E-state index in [-0.39, 0.29) is 0 Å². The number of rotatable bonds is 2. The quantitative estimate of drug-likeness (QED) is 0.864. The Hall–Kier alpha value is -0.180. The molecule has 1 nitrogen and oxygen atoms in total. The summed E-state index contributed by atoms with van der Waals surface area (Å²) >= 11 is 8.38. The molecule has 3 heteroatoms. The average Bonchev–Trinajstić information content (AvgIpc) is 2.26. The van der Waals surface area contributed by atoms with E-state index >= 15 is 0 Å². The van der Waals surface area contributed by atoms with Crippen LogP contribution in [0.25, 0.3) is 0 Å². The van der Waals surface area contributed by atoms with E-state index in [4.69, 9.17) is 11.6 Å². The molecule has 0 saturated carbocycles. The van der Waals surface area contributed by atoms with Crippen LogP contribution in [-0.4, -0.2) is 12.3 Å². The molecule has 0 fully saturated rings. The molecule has 1 N–H and O–H groups in total. The second-order valence-electron chi connectivity index (χ2n) is 5.10. The lowest BCUT2D eigenvalue weighted by Gasteiger charge is -2.36. The number of aryl methyl sites for hydroxylation is 1. The van der Waals surface area contributed by atoms with Crippen LogP contribution in [0.4, 0.5) is 0 Å². The summed E-state index contributed by atoms with van der Waals surface area (Å²) < 4.78 is 0. The normalized spacial score (nSPS) is 23.9. The molecule has 17 heavy (non-hydrogen) atoms. The Morgan fingerprint density at radius 1 is 1.41 bits per heavy atom. The van der Waals surface area contributed by atoms with Gasteiger partial charge in [-0.2, -0.15) is 11.8 Å². The largest absolute Gasteiger partial charge is 0.312 e. The van der Waals surface area contributed by atoms with Gasteiger partial charge in [0.15, 0.2) is 0 Å². The van der Waals surface area contributed by atoms with E-state index in [2.05, 4.69) is 38.2 Å². The third-order valence-corrected chi connectivity index (χ3v) is 5.42. The lowest BCUT2D eigenvalue weighted by atomic mass is 9.91. The van der Waals surface area contributed by atoms with E-state index in [1.807, 2.05) is 18.8 Å². The number of nitrogens with one attached hydrogen (secondary N) is 1. The predicted octanol–water partition coefficient (Wildman–Crippen LogP) is 4.18. The molecule has 0 amide bonds. The van der Waals surface area contributed by atoms with Crippen LogP contribution >= 0.6 is 23.4 Å². The molecule has 1 heterocycles. The van der Waals surface area contributed by atoms with E-state index < -0.39 is 0 Å². The standard InChI is InChI=1S/C14H20ClNS/c1-8(2)14-13(16-4)10-5-9(3)6-12(15)11(10)7-17-14/h5-6,8,13-14,16H,7H2,1-4H3. The summed E-state index contributed by atoms with van der Waals surface area (Å²) in [6.07, 6.45) is 0. The highest BCUT2D eigenvalue weighted by atomic mass is 35.5. The first kappa shape index (κ1) is 13.3. The molecule has 0 saturated heterocycles. The number of hydrogen-bond acceptors (Lipinski definition) is 2. The SMILES string of the molecule is CNC1c2cc(C)cc(Cl)c2CSC1C(C)C. The van der Waals surface area contributed by atoms with E-state index in [1.54, 1.807) is 0 Å². The Kier molecular flexibility index (Phi) is 4.06. The van der Waals surface area contributed by atoms with Gasteiger partial charge in [0.05, 0.1) is 0 Å². The molecule has 0 aromatic heterocycles. The lowest BCUT2D eigenvalue weighted by molar-refractivity contribution is 0.466. The van der Waals surface area contributed by atoms with Crippen molar-refractivity contribution in [3.63, 3.8) is 0 Å². The number of fused-ring (bicyclic) bond motifs is 1. The molecule has 1 aliphatic heterocycles. The first-order valence-electron chi connectivity index (χ1n) is 6.12. The summed E-state index contributed by atoms with van der Waals surface area (Å²) in [5.41, 5.74) is 3.97. The maximum atomic E-state index is 6.36. The number of halogens is 1.